The molecule has 0 spiro atoms. The van der Waals surface area contributed by atoms with Crippen molar-refractivity contribution in [3.63, 3.8) is 0 Å². The second-order valence-corrected chi connectivity index (χ2v) is 2.14. The summed E-state index contributed by atoms with van der Waals surface area (Å²) in [5.41, 5.74) is 0. The second-order valence-electron chi connectivity index (χ2n) is 2.14. The van der Waals surface area contributed by atoms with Crippen LogP contribution in [0.4, 0.5) is 0 Å². The molecule has 0 aromatic carbocycles. The molecule has 5 nitrogen and oxygen atoms in total. The molecule has 0 aliphatic rings. The Hall–Kier alpha value is -1.78. The first-order valence-electron chi connectivity index (χ1n) is 3.13. The lowest BCUT2D eigenvalue weighted by Gasteiger charge is -1.88. The number of aromatic carboxylic acids is 1. The van der Waals surface area contributed by atoms with Gasteiger partial charge < -0.3 is 14.6 Å². The zero-order valence-electron chi connectivity index (χ0n) is 5.98. The molecule has 2 N–H and O–H groups in total. The standard InChI is InChI=1S/C7H6O5/c8-6(9)3-4-1-2-5(12-4)7(10)11/h1-2H,3H2,(H,8,9)(H,10,11). The minimum absolute atomic E-state index is 0.139. The Morgan fingerprint density at radius 1 is 1.33 bits per heavy atom. The lowest BCUT2D eigenvalue weighted by atomic mass is 10.3. The predicted octanol–water partition coefficient (Wildman–Crippen LogP) is 0.605. The van der Waals surface area contributed by atoms with E-state index in [-0.39, 0.29) is 17.9 Å². The second kappa shape index (κ2) is 3.08. The largest absolute Gasteiger partial charge is 0.481 e. The Bertz CT molecular complexity index is 311. The maximum atomic E-state index is 10.3. The van der Waals surface area contributed by atoms with Gasteiger partial charge in [0, 0.05) is 0 Å². The van der Waals surface area contributed by atoms with Gasteiger partial charge in [0.2, 0.25) is 5.76 Å². The molecule has 0 atom stereocenters. The monoisotopic (exact) mass is 170 g/mol. The summed E-state index contributed by atoms with van der Waals surface area (Å²) in [6, 6.07) is 2.55. The van der Waals surface area contributed by atoms with Crippen molar-refractivity contribution < 1.29 is 24.2 Å². The lowest BCUT2D eigenvalue weighted by molar-refractivity contribution is -0.136. The van der Waals surface area contributed by atoms with Crippen LogP contribution in [0, 0.1) is 0 Å². The average molecular weight is 170 g/mol. The van der Waals surface area contributed by atoms with Crippen LogP contribution in [-0.4, -0.2) is 22.2 Å². The zero-order chi connectivity index (χ0) is 9.14. The summed E-state index contributed by atoms with van der Waals surface area (Å²) in [6.07, 6.45) is -0.298. The van der Waals surface area contributed by atoms with E-state index >= 15 is 0 Å². The molecule has 1 heterocycles. The highest BCUT2D eigenvalue weighted by Crippen LogP contribution is 2.07. The van der Waals surface area contributed by atoms with Gasteiger partial charge >= 0.3 is 11.9 Å². The Balaban J connectivity index is 2.77. The van der Waals surface area contributed by atoms with Gasteiger partial charge in [0.25, 0.3) is 0 Å². The molecule has 1 aromatic heterocycles. The maximum Gasteiger partial charge on any atom is 0.371 e. The quantitative estimate of drug-likeness (QED) is 0.693. The Kier molecular flexibility index (Phi) is 2.14. The third-order valence-electron chi connectivity index (χ3n) is 1.20. The van der Waals surface area contributed by atoms with Crippen LogP contribution in [0.3, 0.4) is 0 Å². The summed E-state index contributed by atoms with van der Waals surface area (Å²) in [5.74, 6) is -2.36. The van der Waals surface area contributed by atoms with Gasteiger partial charge in [0.05, 0.1) is 0 Å². The summed E-state index contributed by atoms with van der Waals surface area (Å²) in [7, 11) is 0. The number of hydrogen-bond donors (Lipinski definition) is 2. The van der Waals surface area contributed by atoms with Crippen molar-refractivity contribution in [2.45, 2.75) is 6.42 Å². The van der Waals surface area contributed by atoms with Crippen molar-refractivity contribution in [3.05, 3.63) is 23.7 Å². The van der Waals surface area contributed by atoms with Crippen LogP contribution >= 0.6 is 0 Å². The summed E-state index contributed by atoms with van der Waals surface area (Å²) >= 11 is 0. The summed E-state index contributed by atoms with van der Waals surface area (Å²) in [4.78, 5) is 20.4. The highest BCUT2D eigenvalue weighted by Gasteiger charge is 2.10. The van der Waals surface area contributed by atoms with Gasteiger partial charge in [-0.15, -0.1) is 0 Å². The fourth-order valence-corrected chi connectivity index (χ4v) is 0.737. The van der Waals surface area contributed by atoms with Gasteiger partial charge in [0.15, 0.2) is 0 Å². The number of carboxylic acids is 2. The van der Waals surface area contributed by atoms with Crippen LogP contribution in [0.5, 0.6) is 0 Å². The minimum atomic E-state index is -1.20. The van der Waals surface area contributed by atoms with Crippen molar-refractivity contribution in [2.75, 3.05) is 0 Å². The molecule has 1 rings (SSSR count). The smallest absolute Gasteiger partial charge is 0.371 e. The van der Waals surface area contributed by atoms with E-state index in [1.165, 1.54) is 12.1 Å². The van der Waals surface area contributed by atoms with Gasteiger partial charge in [-0.05, 0) is 12.1 Å². The van der Waals surface area contributed by atoms with Crippen LogP contribution in [0.15, 0.2) is 16.5 Å². The number of hydrogen-bond acceptors (Lipinski definition) is 3. The van der Waals surface area contributed by atoms with E-state index in [1.54, 1.807) is 0 Å². The van der Waals surface area contributed by atoms with Gasteiger partial charge in [-0.3, -0.25) is 4.79 Å². The molecular formula is C7H6O5. The first kappa shape index (κ1) is 8.32. The maximum absolute atomic E-state index is 10.3. The van der Waals surface area contributed by atoms with E-state index in [0.29, 0.717) is 0 Å². The molecular weight excluding hydrogens is 164 g/mol. The molecule has 5 heteroatoms. The molecule has 0 saturated carbocycles. The molecule has 12 heavy (non-hydrogen) atoms. The van der Waals surface area contributed by atoms with Crippen LogP contribution in [0.25, 0.3) is 0 Å². The SMILES string of the molecule is O=C(O)Cc1ccc(C(=O)O)o1. The molecule has 0 unspecified atom stereocenters. The summed E-state index contributed by atoms with van der Waals surface area (Å²) < 4.78 is 4.68. The van der Waals surface area contributed by atoms with Gasteiger partial charge in [-0.2, -0.15) is 0 Å². The fourth-order valence-electron chi connectivity index (χ4n) is 0.737. The Morgan fingerprint density at radius 3 is 2.42 bits per heavy atom. The van der Waals surface area contributed by atoms with E-state index < -0.39 is 11.9 Å². The molecule has 0 saturated heterocycles. The van der Waals surface area contributed by atoms with E-state index in [0.717, 1.165) is 0 Å². The molecule has 0 radical (unpaired) electrons. The van der Waals surface area contributed by atoms with Crippen LogP contribution < -0.4 is 0 Å². The number of furan rings is 1. The van der Waals surface area contributed by atoms with Gasteiger partial charge in [-0.1, -0.05) is 0 Å². The highest BCUT2D eigenvalue weighted by molar-refractivity contribution is 5.84. The average Bonchev–Trinajstić information content (AvgIpc) is 2.34. The number of carbonyl (C=O) groups is 2. The Labute approximate surface area is 67.2 Å². The van der Waals surface area contributed by atoms with Crippen LogP contribution in [0.2, 0.25) is 0 Å². The van der Waals surface area contributed by atoms with Crippen LogP contribution in [-0.2, 0) is 11.2 Å². The lowest BCUT2D eigenvalue weighted by Crippen LogP contribution is -1.98. The minimum Gasteiger partial charge on any atom is -0.481 e. The summed E-state index contributed by atoms with van der Waals surface area (Å²) in [6.45, 7) is 0. The molecule has 0 aliphatic heterocycles. The first-order valence-corrected chi connectivity index (χ1v) is 3.13. The van der Waals surface area contributed by atoms with Crippen LogP contribution in [0.1, 0.15) is 16.3 Å². The summed E-state index contributed by atoms with van der Waals surface area (Å²) in [5, 5.41) is 16.7. The van der Waals surface area contributed by atoms with Crippen molar-refractivity contribution in [3.8, 4) is 0 Å². The van der Waals surface area contributed by atoms with E-state index in [2.05, 4.69) is 4.42 Å². The molecule has 0 fully saturated rings. The van der Waals surface area contributed by atoms with E-state index in [1.807, 2.05) is 0 Å². The number of rotatable bonds is 3. The molecule has 0 amide bonds. The van der Waals surface area contributed by atoms with E-state index in [4.69, 9.17) is 10.2 Å². The normalized spacial score (nSPS) is 9.67. The molecule has 64 valence electrons. The van der Waals surface area contributed by atoms with Gasteiger partial charge in [0.1, 0.15) is 12.2 Å². The molecule has 0 bridgehead atoms. The van der Waals surface area contributed by atoms with Crippen molar-refractivity contribution >= 4 is 11.9 Å². The van der Waals surface area contributed by atoms with Crippen molar-refractivity contribution in [2.24, 2.45) is 0 Å². The number of carboxylic acid groups (broad SMARTS) is 2. The molecule has 0 aliphatic carbocycles. The topological polar surface area (TPSA) is 87.7 Å². The van der Waals surface area contributed by atoms with Crippen molar-refractivity contribution in [1.29, 1.82) is 0 Å². The highest BCUT2D eigenvalue weighted by atomic mass is 16.4. The third-order valence-corrected chi connectivity index (χ3v) is 1.20. The first-order chi connectivity index (χ1) is 5.59. The third kappa shape index (κ3) is 1.85. The van der Waals surface area contributed by atoms with Crippen molar-refractivity contribution in [1.82, 2.24) is 0 Å². The van der Waals surface area contributed by atoms with E-state index in [9.17, 15) is 9.59 Å². The van der Waals surface area contributed by atoms with Gasteiger partial charge in [-0.25, -0.2) is 4.79 Å². The Morgan fingerprint density at radius 2 is 2.00 bits per heavy atom. The fraction of sp³-hybridized carbons (Fsp3) is 0.143. The number of aliphatic carboxylic acids is 1. The molecule has 1 aromatic rings. The zero-order valence-corrected chi connectivity index (χ0v) is 5.98. The predicted molar refractivity (Wildman–Crippen MR) is 37.0 cm³/mol.